The summed E-state index contributed by atoms with van der Waals surface area (Å²) in [5.41, 5.74) is 2.76. The van der Waals surface area contributed by atoms with Gasteiger partial charge in [0.15, 0.2) is 0 Å². The molecule has 0 unspecified atom stereocenters. The van der Waals surface area contributed by atoms with Gasteiger partial charge in [0.25, 0.3) is 0 Å². The van der Waals surface area contributed by atoms with Crippen LogP contribution in [0.15, 0.2) is 60.7 Å². The maximum absolute atomic E-state index is 12.1. The molecule has 0 aliphatic carbocycles. The molecule has 3 aromatic rings. The van der Waals surface area contributed by atoms with Crippen molar-refractivity contribution in [3.63, 3.8) is 0 Å². The van der Waals surface area contributed by atoms with Crippen LogP contribution in [-0.4, -0.2) is 17.5 Å². The number of fused-ring (bicyclic) bond motifs is 1. The summed E-state index contributed by atoms with van der Waals surface area (Å²) in [6, 6.07) is 19.5. The number of rotatable bonds is 6. The van der Waals surface area contributed by atoms with Gasteiger partial charge in [0, 0.05) is 5.39 Å². The summed E-state index contributed by atoms with van der Waals surface area (Å²) in [6.07, 6.45) is 0.347. The number of hydrogen-bond donors (Lipinski definition) is 1. The summed E-state index contributed by atoms with van der Waals surface area (Å²) >= 11 is 0. The Morgan fingerprint density at radius 3 is 2.62 bits per heavy atom. The summed E-state index contributed by atoms with van der Waals surface area (Å²) in [6.45, 7) is 3.02. The van der Waals surface area contributed by atoms with E-state index in [0.717, 1.165) is 27.9 Å². The highest BCUT2D eigenvalue weighted by Gasteiger charge is 2.05. The van der Waals surface area contributed by atoms with Crippen LogP contribution in [0.1, 0.15) is 18.2 Å². The van der Waals surface area contributed by atoms with Gasteiger partial charge in [-0.2, -0.15) is 0 Å². The van der Waals surface area contributed by atoms with Gasteiger partial charge < -0.3 is 10.1 Å². The first-order valence-corrected chi connectivity index (χ1v) is 8.07. The van der Waals surface area contributed by atoms with E-state index in [1.165, 1.54) is 0 Å². The Bertz CT molecular complexity index is 828. The zero-order chi connectivity index (χ0) is 16.8. The Kier molecular flexibility index (Phi) is 5.06. The summed E-state index contributed by atoms with van der Waals surface area (Å²) < 4.78 is 5.40. The minimum Gasteiger partial charge on any atom is -0.494 e. The molecule has 0 aliphatic rings. The molecule has 1 heterocycles. The van der Waals surface area contributed by atoms with E-state index in [9.17, 15) is 4.79 Å². The first-order valence-electron chi connectivity index (χ1n) is 8.07. The van der Waals surface area contributed by atoms with Gasteiger partial charge in [0.2, 0.25) is 5.91 Å². The molecule has 0 radical (unpaired) electrons. The van der Waals surface area contributed by atoms with E-state index in [0.29, 0.717) is 19.6 Å². The van der Waals surface area contributed by atoms with Crippen LogP contribution in [0.5, 0.6) is 5.75 Å². The smallest absolute Gasteiger partial charge is 0.224 e. The molecule has 0 atom stereocenters. The maximum Gasteiger partial charge on any atom is 0.224 e. The largest absolute Gasteiger partial charge is 0.494 e. The quantitative estimate of drug-likeness (QED) is 0.756. The zero-order valence-electron chi connectivity index (χ0n) is 13.7. The number of ether oxygens (including phenoxy) is 1. The summed E-state index contributed by atoms with van der Waals surface area (Å²) in [5, 5.41) is 4.02. The lowest BCUT2D eigenvalue weighted by atomic mass is 10.1. The van der Waals surface area contributed by atoms with Gasteiger partial charge in [-0.1, -0.05) is 36.4 Å². The van der Waals surface area contributed by atoms with Crippen LogP contribution in [0.3, 0.4) is 0 Å². The minimum atomic E-state index is -0.0193. The number of nitrogens with one attached hydrogen (secondary N) is 1. The zero-order valence-corrected chi connectivity index (χ0v) is 13.7. The number of pyridine rings is 1. The predicted molar refractivity (Wildman–Crippen MR) is 94.9 cm³/mol. The highest BCUT2D eigenvalue weighted by molar-refractivity contribution is 5.79. The van der Waals surface area contributed by atoms with Gasteiger partial charge in [-0.05, 0) is 36.8 Å². The standard InChI is InChI=1S/C20H20N2O2/c1-2-24-18-11-7-15(8-12-18)13-20(23)21-14-17-10-9-16-5-3-4-6-19(16)22-17/h3-12H,2,13-14H2,1H3,(H,21,23). The molecule has 4 heteroatoms. The first-order chi connectivity index (χ1) is 11.7. The summed E-state index contributed by atoms with van der Waals surface area (Å²) in [7, 11) is 0. The molecule has 24 heavy (non-hydrogen) atoms. The third-order valence-corrected chi connectivity index (χ3v) is 3.72. The number of carbonyl (C=O) groups is 1. The molecule has 1 N–H and O–H groups in total. The van der Waals surface area contributed by atoms with Gasteiger partial charge in [0.05, 0.1) is 30.8 Å². The van der Waals surface area contributed by atoms with E-state index in [2.05, 4.69) is 10.3 Å². The van der Waals surface area contributed by atoms with Crippen molar-refractivity contribution in [2.45, 2.75) is 19.9 Å². The van der Waals surface area contributed by atoms with Crippen molar-refractivity contribution in [1.82, 2.24) is 10.3 Å². The van der Waals surface area contributed by atoms with Crippen LogP contribution in [0.25, 0.3) is 10.9 Å². The number of amides is 1. The SMILES string of the molecule is CCOc1ccc(CC(=O)NCc2ccc3ccccc3n2)cc1. The second kappa shape index (κ2) is 7.59. The molecule has 0 saturated heterocycles. The fraction of sp³-hybridized carbons (Fsp3) is 0.200. The van der Waals surface area contributed by atoms with Crippen LogP contribution in [0.4, 0.5) is 0 Å². The second-order valence-corrected chi connectivity index (χ2v) is 5.53. The van der Waals surface area contributed by atoms with Crippen molar-refractivity contribution < 1.29 is 9.53 Å². The topological polar surface area (TPSA) is 51.2 Å². The van der Waals surface area contributed by atoms with Crippen LogP contribution < -0.4 is 10.1 Å². The molecule has 122 valence electrons. The Hall–Kier alpha value is -2.88. The van der Waals surface area contributed by atoms with E-state index in [1.807, 2.05) is 67.6 Å². The molecule has 4 nitrogen and oxygen atoms in total. The molecule has 0 bridgehead atoms. The monoisotopic (exact) mass is 320 g/mol. The lowest BCUT2D eigenvalue weighted by molar-refractivity contribution is -0.120. The van der Waals surface area contributed by atoms with Crippen molar-refractivity contribution in [1.29, 1.82) is 0 Å². The van der Waals surface area contributed by atoms with Gasteiger partial charge in [-0.25, -0.2) is 0 Å². The van der Waals surface area contributed by atoms with Crippen LogP contribution in [-0.2, 0) is 17.8 Å². The van der Waals surface area contributed by atoms with E-state index >= 15 is 0 Å². The molecular weight excluding hydrogens is 300 g/mol. The molecular formula is C20H20N2O2. The number of hydrogen-bond acceptors (Lipinski definition) is 3. The van der Waals surface area contributed by atoms with E-state index in [4.69, 9.17) is 4.74 Å². The van der Waals surface area contributed by atoms with Crippen molar-refractivity contribution >= 4 is 16.8 Å². The van der Waals surface area contributed by atoms with Crippen molar-refractivity contribution in [3.05, 3.63) is 71.9 Å². The normalized spacial score (nSPS) is 10.5. The lowest BCUT2D eigenvalue weighted by Crippen LogP contribution is -2.25. The fourth-order valence-corrected chi connectivity index (χ4v) is 2.51. The molecule has 0 fully saturated rings. The van der Waals surface area contributed by atoms with Crippen LogP contribution >= 0.6 is 0 Å². The molecule has 0 saturated carbocycles. The average molecular weight is 320 g/mol. The Morgan fingerprint density at radius 2 is 1.83 bits per heavy atom. The summed E-state index contributed by atoms with van der Waals surface area (Å²) in [4.78, 5) is 16.6. The Balaban J connectivity index is 1.56. The van der Waals surface area contributed by atoms with Crippen molar-refractivity contribution in [2.24, 2.45) is 0 Å². The van der Waals surface area contributed by atoms with E-state index in [-0.39, 0.29) is 5.91 Å². The lowest BCUT2D eigenvalue weighted by Gasteiger charge is -2.07. The summed E-state index contributed by atoms with van der Waals surface area (Å²) in [5.74, 6) is 0.802. The third-order valence-electron chi connectivity index (χ3n) is 3.72. The van der Waals surface area contributed by atoms with E-state index < -0.39 is 0 Å². The first kappa shape index (κ1) is 16.0. The predicted octanol–water partition coefficient (Wildman–Crippen LogP) is 3.49. The molecule has 1 aromatic heterocycles. The van der Waals surface area contributed by atoms with Crippen LogP contribution in [0.2, 0.25) is 0 Å². The molecule has 0 spiro atoms. The third kappa shape index (κ3) is 4.10. The highest BCUT2D eigenvalue weighted by Crippen LogP contribution is 2.13. The maximum atomic E-state index is 12.1. The van der Waals surface area contributed by atoms with Gasteiger partial charge in [0.1, 0.15) is 5.75 Å². The second-order valence-electron chi connectivity index (χ2n) is 5.53. The highest BCUT2D eigenvalue weighted by atomic mass is 16.5. The number of aromatic nitrogens is 1. The fourth-order valence-electron chi connectivity index (χ4n) is 2.51. The number of benzene rings is 2. The molecule has 1 amide bonds. The van der Waals surface area contributed by atoms with Crippen LogP contribution in [0, 0.1) is 0 Å². The van der Waals surface area contributed by atoms with E-state index in [1.54, 1.807) is 0 Å². The molecule has 0 aliphatic heterocycles. The number of para-hydroxylation sites is 1. The van der Waals surface area contributed by atoms with Crippen molar-refractivity contribution in [2.75, 3.05) is 6.61 Å². The Labute approximate surface area is 141 Å². The number of nitrogens with zero attached hydrogens (tertiary/aromatic N) is 1. The van der Waals surface area contributed by atoms with Crippen molar-refractivity contribution in [3.8, 4) is 5.75 Å². The number of carbonyl (C=O) groups excluding carboxylic acids is 1. The Morgan fingerprint density at radius 1 is 1.04 bits per heavy atom. The minimum absolute atomic E-state index is 0.0193. The molecule has 3 rings (SSSR count). The van der Waals surface area contributed by atoms with Gasteiger partial charge in [-0.15, -0.1) is 0 Å². The molecule has 2 aromatic carbocycles. The average Bonchev–Trinajstić information content (AvgIpc) is 2.62. The van der Waals surface area contributed by atoms with Gasteiger partial charge >= 0.3 is 0 Å². The van der Waals surface area contributed by atoms with Gasteiger partial charge in [-0.3, -0.25) is 9.78 Å².